The van der Waals surface area contributed by atoms with Gasteiger partial charge < -0.3 is 5.11 Å². The summed E-state index contributed by atoms with van der Waals surface area (Å²) in [4.78, 5) is -1.43. The summed E-state index contributed by atoms with van der Waals surface area (Å²) in [7, 11) is -5.30. The zero-order valence-electron chi connectivity index (χ0n) is 5.96. The van der Waals surface area contributed by atoms with Gasteiger partial charge in [-0.05, 0) is 12.1 Å². The summed E-state index contributed by atoms with van der Waals surface area (Å²) in [6.45, 7) is 0. The van der Waals surface area contributed by atoms with E-state index in [9.17, 15) is 21.1 Å². The van der Waals surface area contributed by atoms with Crippen molar-refractivity contribution >= 4 is 10.2 Å². The first-order chi connectivity index (χ1) is 5.84. The van der Waals surface area contributed by atoms with Gasteiger partial charge in [-0.15, -0.1) is 3.89 Å². The smallest absolute Gasteiger partial charge is 0.335 e. The Hall–Kier alpha value is -1.24. The third kappa shape index (κ3) is 1.74. The van der Waals surface area contributed by atoms with Gasteiger partial charge in [-0.3, -0.25) is 0 Å². The van der Waals surface area contributed by atoms with E-state index in [2.05, 4.69) is 0 Å². The van der Waals surface area contributed by atoms with E-state index in [1.54, 1.807) is 0 Å². The first-order valence-electron chi connectivity index (χ1n) is 2.95. The molecule has 1 aromatic rings. The highest BCUT2D eigenvalue weighted by Crippen LogP contribution is 2.25. The Morgan fingerprint density at radius 3 is 2.15 bits per heavy atom. The number of hydrogen-bond acceptors (Lipinski definition) is 3. The molecule has 0 aliphatic rings. The molecule has 0 atom stereocenters. The fraction of sp³-hybridized carbons (Fsp3) is 0. The van der Waals surface area contributed by atoms with Crippen LogP contribution in [0.1, 0.15) is 0 Å². The highest BCUT2D eigenvalue weighted by molar-refractivity contribution is 7.86. The molecule has 0 unspecified atom stereocenters. The van der Waals surface area contributed by atoms with E-state index in [1.165, 1.54) is 0 Å². The van der Waals surface area contributed by atoms with Crippen molar-refractivity contribution in [1.29, 1.82) is 0 Å². The molecule has 13 heavy (non-hydrogen) atoms. The zero-order chi connectivity index (χ0) is 10.2. The number of halogens is 3. The lowest BCUT2D eigenvalue weighted by Crippen LogP contribution is -1.99. The minimum Gasteiger partial charge on any atom is -0.505 e. The number of rotatable bonds is 1. The van der Waals surface area contributed by atoms with Crippen LogP contribution >= 0.6 is 0 Å². The van der Waals surface area contributed by atoms with Crippen LogP contribution in [-0.2, 0) is 10.2 Å². The first kappa shape index (κ1) is 9.85. The normalized spacial score (nSPS) is 11.6. The van der Waals surface area contributed by atoms with E-state index in [-0.39, 0.29) is 0 Å². The lowest BCUT2D eigenvalue weighted by Gasteiger charge is -1.99. The van der Waals surface area contributed by atoms with E-state index in [1.807, 2.05) is 0 Å². The lowest BCUT2D eigenvalue weighted by molar-refractivity contribution is 0.398. The monoisotopic (exact) mass is 212 g/mol. The van der Waals surface area contributed by atoms with Gasteiger partial charge in [0, 0.05) is 0 Å². The second-order valence-corrected chi connectivity index (χ2v) is 3.46. The third-order valence-electron chi connectivity index (χ3n) is 1.29. The molecule has 0 heterocycles. The van der Waals surface area contributed by atoms with Gasteiger partial charge in [-0.1, -0.05) is 0 Å². The van der Waals surface area contributed by atoms with Crippen LogP contribution in [0.25, 0.3) is 0 Å². The van der Waals surface area contributed by atoms with Gasteiger partial charge in [0.15, 0.2) is 11.6 Å². The van der Waals surface area contributed by atoms with Crippen LogP contribution in [0.3, 0.4) is 0 Å². The van der Waals surface area contributed by atoms with Crippen LogP contribution in [0.4, 0.5) is 12.7 Å². The molecule has 1 N–H and O–H groups in total. The molecule has 0 aliphatic carbocycles. The molecule has 0 saturated heterocycles. The third-order valence-corrected chi connectivity index (χ3v) is 2.13. The number of phenolic OH excluding ortho intramolecular Hbond substituents is 1. The molecule has 0 aromatic heterocycles. The Morgan fingerprint density at radius 1 is 1.15 bits per heavy atom. The van der Waals surface area contributed by atoms with Crippen LogP contribution in [0.15, 0.2) is 17.0 Å². The van der Waals surface area contributed by atoms with Crippen molar-refractivity contribution in [1.82, 2.24) is 0 Å². The maximum Gasteiger partial charge on any atom is 0.335 e. The van der Waals surface area contributed by atoms with E-state index < -0.39 is 32.5 Å². The average Bonchev–Trinajstić information content (AvgIpc) is 1.98. The average molecular weight is 212 g/mol. The number of phenols is 1. The fourth-order valence-electron chi connectivity index (χ4n) is 0.710. The zero-order valence-corrected chi connectivity index (χ0v) is 6.78. The van der Waals surface area contributed by atoms with Gasteiger partial charge in [-0.25, -0.2) is 4.39 Å². The maximum atomic E-state index is 12.6. The van der Waals surface area contributed by atoms with Gasteiger partial charge in [0.25, 0.3) is 0 Å². The van der Waals surface area contributed by atoms with E-state index in [4.69, 9.17) is 5.11 Å². The largest absolute Gasteiger partial charge is 0.505 e. The number of aromatic hydroxyl groups is 1. The summed E-state index contributed by atoms with van der Waals surface area (Å²) in [5.41, 5.74) is 0. The summed E-state index contributed by atoms with van der Waals surface area (Å²) in [6, 6.07) is 0.980. The van der Waals surface area contributed by atoms with Crippen molar-refractivity contribution in [3.63, 3.8) is 0 Å². The molecule has 0 spiro atoms. The molecular weight excluding hydrogens is 209 g/mol. The molecule has 72 valence electrons. The highest BCUT2D eigenvalue weighted by atomic mass is 32.3. The van der Waals surface area contributed by atoms with Gasteiger partial charge in [0.1, 0.15) is 4.90 Å². The predicted molar refractivity (Wildman–Crippen MR) is 36.3 cm³/mol. The molecule has 0 radical (unpaired) electrons. The molecule has 3 nitrogen and oxygen atoms in total. The highest BCUT2D eigenvalue weighted by Gasteiger charge is 2.22. The summed E-state index contributed by atoms with van der Waals surface area (Å²) < 4.78 is 57.6. The minimum absolute atomic E-state index is 0.434. The molecule has 0 amide bonds. The quantitative estimate of drug-likeness (QED) is 0.714. The second kappa shape index (κ2) is 2.91. The second-order valence-electron chi connectivity index (χ2n) is 2.15. The minimum atomic E-state index is -5.30. The Labute approximate surface area is 71.6 Å². The molecule has 1 aromatic carbocycles. The summed E-state index contributed by atoms with van der Waals surface area (Å²) >= 11 is 0. The fourth-order valence-corrected chi connectivity index (χ4v) is 1.24. The molecule has 0 bridgehead atoms. The van der Waals surface area contributed by atoms with Crippen LogP contribution < -0.4 is 0 Å². The first-order valence-corrected chi connectivity index (χ1v) is 4.34. The van der Waals surface area contributed by atoms with Crippen molar-refractivity contribution in [3.05, 3.63) is 23.8 Å². The van der Waals surface area contributed by atoms with Gasteiger partial charge in [-0.2, -0.15) is 12.8 Å². The van der Waals surface area contributed by atoms with Gasteiger partial charge in [0.05, 0.1) is 0 Å². The Bertz CT molecular complexity index is 441. The van der Waals surface area contributed by atoms with Gasteiger partial charge >= 0.3 is 10.2 Å². The van der Waals surface area contributed by atoms with E-state index in [0.717, 1.165) is 0 Å². The molecule has 1 rings (SSSR count). The standard InChI is InChI=1S/C6H3F3O3S/c7-5-3(10)1-2-4(6(5)8)13(9,11)12/h1-2,10H. The van der Waals surface area contributed by atoms with Crippen LogP contribution in [-0.4, -0.2) is 13.5 Å². The molecule has 0 saturated carbocycles. The molecule has 0 aliphatic heterocycles. The van der Waals surface area contributed by atoms with Crippen molar-refractivity contribution < 1.29 is 26.2 Å². The number of benzene rings is 1. The van der Waals surface area contributed by atoms with Crippen LogP contribution in [0, 0.1) is 11.6 Å². The lowest BCUT2D eigenvalue weighted by atomic mass is 10.3. The molecular formula is C6H3F3O3S. The van der Waals surface area contributed by atoms with E-state index >= 15 is 0 Å². The van der Waals surface area contributed by atoms with Crippen LogP contribution in [0.2, 0.25) is 0 Å². The van der Waals surface area contributed by atoms with E-state index in [0.29, 0.717) is 12.1 Å². The predicted octanol–water partition coefficient (Wildman–Crippen LogP) is 1.33. The topological polar surface area (TPSA) is 54.4 Å². The Balaban J connectivity index is 3.53. The van der Waals surface area contributed by atoms with Crippen molar-refractivity contribution in [2.24, 2.45) is 0 Å². The van der Waals surface area contributed by atoms with Crippen LogP contribution in [0.5, 0.6) is 5.75 Å². The number of hydrogen-bond donors (Lipinski definition) is 1. The summed E-state index contributed by atoms with van der Waals surface area (Å²) in [5, 5.41) is 8.56. The Kier molecular flexibility index (Phi) is 2.21. The van der Waals surface area contributed by atoms with Crippen molar-refractivity contribution in [2.75, 3.05) is 0 Å². The summed E-state index contributed by atoms with van der Waals surface area (Å²) in [6.07, 6.45) is 0. The maximum absolute atomic E-state index is 12.6. The van der Waals surface area contributed by atoms with Crippen molar-refractivity contribution in [2.45, 2.75) is 4.90 Å². The molecule has 7 heteroatoms. The Morgan fingerprint density at radius 2 is 1.69 bits per heavy atom. The molecule has 0 fully saturated rings. The van der Waals surface area contributed by atoms with Crippen molar-refractivity contribution in [3.8, 4) is 5.75 Å². The van der Waals surface area contributed by atoms with Gasteiger partial charge in [0.2, 0.25) is 5.82 Å². The SMILES string of the molecule is O=S(=O)(F)c1ccc(O)c(F)c1F. The summed E-state index contributed by atoms with van der Waals surface area (Å²) in [5.74, 6) is -4.80.